The van der Waals surface area contributed by atoms with Crippen molar-refractivity contribution in [2.24, 2.45) is 5.92 Å². The molecule has 1 aliphatic heterocycles. The van der Waals surface area contributed by atoms with Gasteiger partial charge in [0.05, 0.1) is 24.0 Å². The minimum absolute atomic E-state index is 0.423. The molecule has 180 valence electrons. The third kappa shape index (κ3) is 4.27. The van der Waals surface area contributed by atoms with Gasteiger partial charge in [-0.1, -0.05) is 91.0 Å². The van der Waals surface area contributed by atoms with Crippen LogP contribution in [0.1, 0.15) is 12.0 Å². The van der Waals surface area contributed by atoms with E-state index in [-0.39, 0.29) is 0 Å². The van der Waals surface area contributed by atoms with Crippen molar-refractivity contribution in [3.63, 3.8) is 0 Å². The minimum atomic E-state index is 0.423. The molecule has 36 heavy (non-hydrogen) atoms. The molecule has 1 atom stereocenters. The second kappa shape index (κ2) is 9.96. The lowest BCUT2D eigenvalue weighted by Gasteiger charge is -2.13. The lowest BCUT2D eigenvalue weighted by molar-refractivity contribution is 0.182. The fourth-order valence-electron chi connectivity index (χ4n) is 5.32. The zero-order valence-electron chi connectivity index (χ0n) is 20.3. The van der Waals surface area contributed by atoms with E-state index in [0.29, 0.717) is 11.4 Å². The average molecular weight is 475 g/mol. The van der Waals surface area contributed by atoms with E-state index in [1.807, 2.05) is 17.0 Å². The molecule has 6 rings (SSSR count). The van der Waals surface area contributed by atoms with Crippen LogP contribution in [0.3, 0.4) is 0 Å². The molecule has 1 aliphatic rings. The highest BCUT2D eigenvalue weighted by molar-refractivity contribution is 6.02. The molecule has 0 saturated carbocycles. The van der Waals surface area contributed by atoms with Crippen molar-refractivity contribution in [3.8, 4) is 22.4 Å². The first-order valence-electron chi connectivity index (χ1n) is 12.7. The Bertz CT molecular complexity index is 1520. The van der Waals surface area contributed by atoms with Crippen molar-refractivity contribution in [3.05, 3.63) is 108 Å². The SMILES string of the molecule is N=c1c2c(-c3ccccc3)c(-c3ccccc3)n(CCc3ccccc3)c2ncn1CC1CCOC1. The number of rotatable bonds is 7. The van der Waals surface area contributed by atoms with Gasteiger partial charge in [0.2, 0.25) is 0 Å². The number of aromatic nitrogens is 3. The maximum atomic E-state index is 9.33. The lowest BCUT2D eigenvalue weighted by atomic mass is 9.99. The molecule has 0 bridgehead atoms. The summed E-state index contributed by atoms with van der Waals surface area (Å²) in [5.74, 6) is 0.423. The summed E-state index contributed by atoms with van der Waals surface area (Å²) >= 11 is 0. The van der Waals surface area contributed by atoms with E-state index in [4.69, 9.17) is 9.72 Å². The molecule has 1 saturated heterocycles. The number of benzene rings is 3. The molecule has 1 unspecified atom stereocenters. The van der Waals surface area contributed by atoms with Crippen LogP contribution in [-0.4, -0.2) is 27.3 Å². The number of nitrogens with one attached hydrogen (secondary N) is 1. The molecule has 0 aliphatic carbocycles. The lowest BCUT2D eigenvalue weighted by Crippen LogP contribution is -2.25. The van der Waals surface area contributed by atoms with Crippen molar-refractivity contribution < 1.29 is 4.74 Å². The van der Waals surface area contributed by atoms with E-state index < -0.39 is 0 Å². The van der Waals surface area contributed by atoms with Crippen LogP contribution >= 0.6 is 0 Å². The Hall–Kier alpha value is -3.96. The summed E-state index contributed by atoms with van der Waals surface area (Å²) in [6.07, 6.45) is 3.77. The molecule has 1 fully saturated rings. The Balaban J connectivity index is 1.59. The smallest absolute Gasteiger partial charge is 0.146 e. The van der Waals surface area contributed by atoms with Crippen LogP contribution in [0.15, 0.2) is 97.3 Å². The van der Waals surface area contributed by atoms with Gasteiger partial charge in [-0.3, -0.25) is 5.41 Å². The third-order valence-electron chi connectivity index (χ3n) is 7.13. The highest BCUT2D eigenvalue weighted by Crippen LogP contribution is 2.39. The average Bonchev–Trinajstić information content (AvgIpc) is 3.57. The van der Waals surface area contributed by atoms with E-state index in [9.17, 15) is 5.41 Å². The Morgan fingerprint density at radius 3 is 2.19 bits per heavy atom. The summed E-state index contributed by atoms with van der Waals surface area (Å²) in [5, 5.41) is 10.2. The van der Waals surface area contributed by atoms with Crippen molar-refractivity contribution in [1.82, 2.24) is 14.1 Å². The van der Waals surface area contributed by atoms with Crippen molar-refractivity contribution in [1.29, 1.82) is 5.41 Å². The second-order valence-corrected chi connectivity index (χ2v) is 9.52. The molecular formula is C31H30N4O. The van der Waals surface area contributed by atoms with E-state index in [1.54, 1.807) is 0 Å². The molecule has 5 aromatic rings. The van der Waals surface area contributed by atoms with Gasteiger partial charge in [0.25, 0.3) is 0 Å². The van der Waals surface area contributed by atoms with E-state index >= 15 is 0 Å². The summed E-state index contributed by atoms with van der Waals surface area (Å²) in [6, 6.07) is 31.6. The number of fused-ring (bicyclic) bond motifs is 1. The predicted octanol–water partition coefficient (Wildman–Crippen LogP) is 5.93. The van der Waals surface area contributed by atoms with Crippen LogP contribution < -0.4 is 5.49 Å². The van der Waals surface area contributed by atoms with Crippen LogP contribution in [0.2, 0.25) is 0 Å². The second-order valence-electron chi connectivity index (χ2n) is 9.52. The van der Waals surface area contributed by atoms with Gasteiger partial charge < -0.3 is 13.9 Å². The number of aryl methyl sites for hydroxylation is 2. The van der Waals surface area contributed by atoms with E-state index in [1.165, 1.54) is 5.56 Å². The summed E-state index contributed by atoms with van der Waals surface area (Å²) in [7, 11) is 0. The highest BCUT2D eigenvalue weighted by atomic mass is 16.5. The van der Waals surface area contributed by atoms with Crippen molar-refractivity contribution in [2.75, 3.05) is 13.2 Å². The van der Waals surface area contributed by atoms with Crippen LogP contribution in [0.25, 0.3) is 33.4 Å². The quantitative estimate of drug-likeness (QED) is 0.318. The van der Waals surface area contributed by atoms with Crippen molar-refractivity contribution in [2.45, 2.75) is 25.9 Å². The topological polar surface area (TPSA) is 55.8 Å². The fraction of sp³-hybridized carbons (Fsp3) is 0.226. The number of hydrogen-bond donors (Lipinski definition) is 1. The summed E-state index contributed by atoms with van der Waals surface area (Å²) < 4.78 is 9.93. The number of nitrogens with zero attached hydrogens (tertiary/aromatic N) is 3. The molecule has 5 heteroatoms. The van der Waals surface area contributed by atoms with Gasteiger partial charge in [0.1, 0.15) is 11.1 Å². The first-order valence-corrected chi connectivity index (χ1v) is 12.7. The van der Waals surface area contributed by atoms with Crippen LogP contribution in [0.4, 0.5) is 0 Å². The Kier molecular flexibility index (Phi) is 6.22. The maximum Gasteiger partial charge on any atom is 0.146 e. The molecule has 0 radical (unpaired) electrons. The molecule has 5 nitrogen and oxygen atoms in total. The maximum absolute atomic E-state index is 9.33. The van der Waals surface area contributed by atoms with E-state index in [0.717, 1.165) is 72.6 Å². The molecule has 3 aromatic carbocycles. The fourth-order valence-corrected chi connectivity index (χ4v) is 5.32. The Morgan fingerprint density at radius 1 is 0.861 bits per heavy atom. The van der Waals surface area contributed by atoms with E-state index in [2.05, 4.69) is 89.5 Å². The van der Waals surface area contributed by atoms with Gasteiger partial charge in [-0.15, -0.1) is 0 Å². The first-order chi connectivity index (χ1) is 17.8. The standard InChI is InChI=1S/C31H30N4O/c32-30-28-27(25-12-6-2-7-13-25)29(26-14-8-3-9-15-26)35(18-16-23-10-4-1-5-11-23)31(28)33-22-34(30)20-24-17-19-36-21-24/h1-15,22,24,32H,16-21H2. The monoisotopic (exact) mass is 474 g/mol. The Morgan fingerprint density at radius 2 is 1.53 bits per heavy atom. The first kappa shape index (κ1) is 22.5. The van der Waals surface area contributed by atoms with Crippen LogP contribution in [0, 0.1) is 11.3 Å². The molecular weight excluding hydrogens is 444 g/mol. The molecule has 3 heterocycles. The van der Waals surface area contributed by atoms with Gasteiger partial charge in [-0.2, -0.15) is 0 Å². The zero-order valence-corrected chi connectivity index (χ0v) is 20.3. The third-order valence-corrected chi connectivity index (χ3v) is 7.13. The van der Waals surface area contributed by atoms with Crippen molar-refractivity contribution >= 4 is 11.0 Å². The predicted molar refractivity (Wildman–Crippen MR) is 144 cm³/mol. The van der Waals surface area contributed by atoms with Gasteiger partial charge >= 0.3 is 0 Å². The van der Waals surface area contributed by atoms with Gasteiger partial charge in [-0.05, 0) is 29.5 Å². The van der Waals surface area contributed by atoms with Gasteiger partial charge in [0, 0.05) is 31.2 Å². The zero-order chi connectivity index (χ0) is 24.3. The van der Waals surface area contributed by atoms with Crippen LogP contribution in [-0.2, 0) is 24.2 Å². The van der Waals surface area contributed by atoms with Gasteiger partial charge in [-0.25, -0.2) is 4.98 Å². The molecule has 0 spiro atoms. The molecule has 1 N–H and O–H groups in total. The van der Waals surface area contributed by atoms with Crippen LogP contribution in [0.5, 0.6) is 0 Å². The number of ether oxygens (including phenoxy) is 1. The highest BCUT2D eigenvalue weighted by Gasteiger charge is 2.24. The summed E-state index contributed by atoms with van der Waals surface area (Å²) in [6.45, 7) is 3.09. The summed E-state index contributed by atoms with van der Waals surface area (Å²) in [5.41, 5.74) is 7.12. The Labute approximate surface area is 211 Å². The normalized spacial score (nSPS) is 15.5. The largest absolute Gasteiger partial charge is 0.381 e. The minimum Gasteiger partial charge on any atom is -0.381 e. The molecule has 2 aromatic heterocycles. The summed E-state index contributed by atoms with van der Waals surface area (Å²) in [4.78, 5) is 4.99. The van der Waals surface area contributed by atoms with Gasteiger partial charge in [0.15, 0.2) is 0 Å². The molecule has 0 amide bonds. The number of hydrogen-bond acceptors (Lipinski definition) is 3.